The first-order valence-electron chi connectivity index (χ1n) is 35.8. The number of carbonyl (C=O) groups is 1. The zero-order valence-electron chi connectivity index (χ0n) is 58.1. The summed E-state index contributed by atoms with van der Waals surface area (Å²) in [7, 11) is 1.41. The molecule has 3 saturated heterocycles. The lowest BCUT2D eigenvalue weighted by atomic mass is 9.95. The third-order valence-corrected chi connectivity index (χ3v) is 18.3. The summed E-state index contributed by atoms with van der Waals surface area (Å²) >= 11 is 0. The Morgan fingerprint density at radius 2 is 0.598 bits per heavy atom. The van der Waals surface area contributed by atoms with Crippen molar-refractivity contribution >= 4 is 5.97 Å². The van der Waals surface area contributed by atoms with Gasteiger partial charge in [-0.2, -0.15) is 0 Å². The number of aliphatic hydroxyl groups excluding tert-OH is 2. The van der Waals surface area contributed by atoms with Crippen LogP contribution in [0.25, 0.3) is 0 Å². The van der Waals surface area contributed by atoms with Crippen LogP contribution in [0.15, 0.2) is 243 Å². The van der Waals surface area contributed by atoms with Crippen LogP contribution in [0.3, 0.4) is 0 Å². The first-order valence-corrected chi connectivity index (χ1v) is 35.8. The van der Waals surface area contributed by atoms with E-state index in [1.54, 1.807) is 0 Å². The van der Waals surface area contributed by atoms with Crippen LogP contribution in [0, 0.1) is 0 Å². The van der Waals surface area contributed by atoms with Crippen LogP contribution in [0.5, 0.6) is 0 Å². The van der Waals surface area contributed by atoms with Crippen molar-refractivity contribution in [3.05, 3.63) is 287 Å². The zero-order chi connectivity index (χ0) is 70.2. The molecule has 0 aromatic heterocycles. The van der Waals surface area contributed by atoms with E-state index in [4.69, 9.17) is 71.1 Å². The number of benzene rings is 8. The van der Waals surface area contributed by atoms with Gasteiger partial charge in [-0.15, -0.1) is 0 Å². The van der Waals surface area contributed by atoms with E-state index in [0.717, 1.165) is 76.6 Å². The molecule has 3 heterocycles. The molecule has 0 bridgehead atoms. The Bertz CT molecular complexity index is 3540. The molecule has 3 fully saturated rings. The van der Waals surface area contributed by atoms with Crippen LogP contribution >= 0.6 is 0 Å². The van der Waals surface area contributed by atoms with Crippen LogP contribution < -0.4 is 0 Å². The van der Waals surface area contributed by atoms with Gasteiger partial charge in [-0.05, 0) is 57.3 Å². The molecule has 2 N–H and O–H groups in total. The lowest BCUT2D eigenvalue weighted by Crippen LogP contribution is -2.66. The molecule has 8 aromatic carbocycles. The molecule has 0 aliphatic carbocycles. The highest BCUT2D eigenvalue weighted by molar-refractivity contribution is 5.69. The van der Waals surface area contributed by atoms with E-state index in [1.165, 1.54) is 7.11 Å². The minimum atomic E-state index is -1.49. The predicted molar refractivity (Wildman–Crippen MR) is 381 cm³/mol. The minimum absolute atomic E-state index is 0.0193. The van der Waals surface area contributed by atoms with Gasteiger partial charge in [0.1, 0.15) is 73.2 Å². The Kier molecular flexibility index (Phi) is 31.0. The summed E-state index contributed by atoms with van der Waals surface area (Å²) in [5.74, 6) is -0.213. The van der Waals surface area contributed by atoms with Crippen molar-refractivity contribution in [2.45, 2.75) is 190 Å². The number of hydrogen-bond acceptors (Lipinski definition) is 18. The molecule has 0 saturated carbocycles. The molecule has 18 heteroatoms. The van der Waals surface area contributed by atoms with Gasteiger partial charge in [0.05, 0.1) is 79.8 Å². The topological polar surface area (TPSA) is 196 Å². The lowest BCUT2D eigenvalue weighted by molar-refractivity contribution is -0.379. The Balaban J connectivity index is 0.946. The van der Waals surface area contributed by atoms with Crippen LogP contribution in [0.1, 0.15) is 89.5 Å². The third-order valence-electron chi connectivity index (χ3n) is 18.3. The van der Waals surface area contributed by atoms with Crippen molar-refractivity contribution in [3.8, 4) is 0 Å². The number of carbonyl (C=O) groups excluding carboxylic acids is 1. The van der Waals surface area contributed by atoms with Gasteiger partial charge >= 0.3 is 5.97 Å². The first kappa shape index (κ1) is 75.7. The quantitative estimate of drug-likeness (QED) is 0.0271. The van der Waals surface area contributed by atoms with Gasteiger partial charge in [0.2, 0.25) is 0 Å². The number of methoxy groups -OCH3 is 1. The number of esters is 1. The number of ether oxygens (including phenoxy) is 15. The van der Waals surface area contributed by atoms with E-state index in [9.17, 15) is 15.0 Å². The highest BCUT2D eigenvalue weighted by Crippen LogP contribution is 2.38. The fraction of sp³-hybridized carbons (Fsp3) is 0.417. The second kappa shape index (κ2) is 41.8. The van der Waals surface area contributed by atoms with Crippen molar-refractivity contribution in [2.24, 2.45) is 0 Å². The summed E-state index contributed by atoms with van der Waals surface area (Å²) in [5.41, 5.74) is 7.24. The van der Waals surface area contributed by atoms with E-state index >= 15 is 0 Å². The van der Waals surface area contributed by atoms with E-state index in [0.29, 0.717) is 12.8 Å². The van der Waals surface area contributed by atoms with E-state index in [-0.39, 0.29) is 85.3 Å². The summed E-state index contributed by atoms with van der Waals surface area (Å²) in [4.78, 5) is 11.9. The Morgan fingerprint density at radius 1 is 0.304 bits per heavy atom. The second-order valence-corrected chi connectivity index (χ2v) is 25.9. The van der Waals surface area contributed by atoms with Crippen molar-refractivity contribution < 1.29 is 86.1 Å². The van der Waals surface area contributed by atoms with Crippen molar-refractivity contribution in [1.29, 1.82) is 0 Å². The fourth-order valence-corrected chi connectivity index (χ4v) is 12.8. The summed E-state index contributed by atoms with van der Waals surface area (Å²) < 4.78 is 102. The molecular formula is C84H98O18. The maximum Gasteiger partial charge on any atom is 0.305 e. The Morgan fingerprint density at radius 3 is 0.980 bits per heavy atom. The van der Waals surface area contributed by atoms with Crippen LogP contribution in [-0.4, -0.2) is 142 Å². The van der Waals surface area contributed by atoms with Gasteiger partial charge in [0.25, 0.3) is 0 Å². The summed E-state index contributed by atoms with van der Waals surface area (Å²) in [6, 6.07) is 78.4. The monoisotopic (exact) mass is 1390 g/mol. The number of aliphatic hydroxyl groups is 2. The smallest absolute Gasteiger partial charge is 0.305 e. The van der Waals surface area contributed by atoms with Gasteiger partial charge in [0.15, 0.2) is 18.9 Å². The van der Waals surface area contributed by atoms with Gasteiger partial charge in [-0.25, -0.2) is 0 Å². The molecule has 542 valence electrons. The standard InChI is InChI=1S/C84H98O18/c1-88-72(85)48-30-4-2-3-5-31-49-91-84-81(97-57-68-46-28-13-29-47-68)80(102-83-74(87)79(96-56-67-44-26-12-27-45-67)76(93-53-64-38-20-9-21-39-64)70(100-83)59-90-51-62-34-16-7-17-35-62)77(94-54-65-40-22-10-23-41-65)71(101-84)60-98-82-73(86)78(95-55-66-42-24-11-25-43-66)75(92-52-63-36-18-8-19-37-63)69(99-82)58-89-50-61-32-14-6-15-33-61/h6-29,32-47,69-71,73-84,86-87H,2-5,30-31,48-60H2,1H3/t69-,70-,71-,73+,74+,75-,76-,77-,78-,79-,80+,81+,82+,83-,84+/m1/s1. The Labute approximate surface area is 599 Å². The highest BCUT2D eigenvalue weighted by atomic mass is 16.8. The summed E-state index contributed by atoms with van der Waals surface area (Å²) in [6.45, 7) is 1.41. The molecule has 3 aliphatic heterocycles. The molecule has 0 spiro atoms. The second-order valence-electron chi connectivity index (χ2n) is 25.9. The Hall–Kier alpha value is -7.41. The molecule has 0 radical (unpaired) electrons. The van der Waals surface area contributed by atoms with Crippen LogP contribution in [0.2, 0.25) is 0 Å². The number of hydrogen-bond donors (Lipinski definition) is 2. The normalized spacial score (nSPS) is 25.0. The van der Waals surface area contributed by atoms with Crippen molar-refractivity contribution in [2.75, 3.05) is 33.5 Å². The van der Waals surface area contributed by atoms with E-state index < -0.39 is 92.1 Å². The van der Waals surface area contributed by atoms with Gasteiger partial charge in [0, 0.05) is 13.0 Å². The minimum Gasteiger partial charge on any atom is -0.469 e. The average Bonchev–Trinajstić information content (AvgIpc) is 0.775. The molecule has 15 atom stereocenters. The largest absolute Gasteiger partial charge is 0.469 e. The molecule has 8 aromatic rings. The highest BCUT2D eigenvalue weighted by Gasteiger charge is 2.55. The van der Waals surface area contributed by atoms with Gasteiger partial charge < -0.3 is 81.3 Å². The predicted octanol–water partition coefficient (Wildman–Crippen LogP) is 13.2. The average molecular weight is 1400 g/mol. The molecular weight excluding hydrogens is 1300 g/mol. The lowest BCUT2D eigenvalue weighted by Gasteiger charge is -2.50. The molecule has 102 heavy (non-hydrogen) atoms. The zero-order valence-corrected chi connectivity index (χ0v) is 58.1. The molecule has 0 unspecified atom stereocenters. The summed E-state index contributed by atoms with van der Waals surface area (Å²) in [5, 5.41) is 26.1. The van der Waals surface area contributed by atoms with E-state index in [1.807, 2.05) is 243 Å². The van der Waals surface area contributed by atoms with E-state index in [2.05, 4.69) is 0 Å². The number of rotatable bonds is 41. The maximum absolute atomic E-state index is 13.2. The van der Waals surface area contributed by atoms with Crippen LogP contribution in [0.4, 0.5) is 0 Å². The molecule has 18 nitrogen and oxygen atoms in total. The van der Waals surface area contributed by atoms with Crippen molar-refractivity contribution in [3.63, 3.8) is 0 Å². The summed E-state index contributed by atoms with van der Waals surface area (Å²) in [6.07, 6.45) is -11.4. The first-order chi connectivity index (χ1) is 50.3. The van der Waals surface area contributed by atoms with Crippen LogP contribution in [-0.2, 0) is 129 Å². The van der Waals surface area contributed by atoms with Gasteiger partial charge in [-0.1, -0.05) is 268 Å². The van der Waals surface area contributed by atoms with Crippen molar-refractivity contribution in [1.82, 2.24) is 0 Å². The molecule has 11 rings (SSSR count). The molecule has 3 aliphatic rings. The SMILES string of the molecule is COC(=O)CCCCCCCCO[C@H]1O[C@H](CO[C@H]2O[C@H](COCc3ccccc3)[C@@H](OCc3ccccc3)[C@H](OCc3ccccc3)[C@@H]2O)[C@@H](OCc2ccccc2)[C@H](O[C@H]2O[C@H](COCc3ccccc3)[C@@H](OCc3ccccc3)[C@H](OCc3ccccc3)[C@@H]2O)[C@@H]1OCc1ccccc1. The third kappa shape index (κ3) is 23.6. The maximum atomic E-state index is 13.2. The number of unbranched alkanes of at least 4 members (excludes halogenated alkanes) is 5. The van der Waals surface area contributed by atoms with Gasteiger partial charge in [-0.3, -0.25) is 4.79 Å². The fourth-order valence-electron chi connectivity index (χ4n) is 12.8. The molecule has 0 amide bonds.